The molecular weight excluding hydrogens is 358 g/mol. The Bertz CT molecular complexity index is 637. The monoisotopic (exact) mass is 391 g/mol. The third-order valence-corrected chi connectivity index (χ3v) is 7.00. The van der Waals surface area contributed by atoms with Crippen molar-refractivity contribution in [3.63, 3.8) is 0 Å². The molecule has 1 N–H and O–H groups in total. The minimum absolute atomic E-state index is 0.0104. The second kappa shape index (κ2) is 9.67. The standard InChI is InChI=1S/C21H33N3O2S/c1-3-13-27-14-5-12-24-19(25)15-23-11-4-6-18(23)20(24)21(26)22-17-9-7-16(2)8-10-17/h4,6,11,16-17,20H,3,5,7-10,12-15H2,1-2H3,(H,22,26). The molecule has 1 atom stereocenters. The molecule has 2 aliphatic rings. The fraction of sp³-hybridized carbons (Fsp3) is 0.714. The van der Waals surface area contributed by atoms with E-state index >= 15 is 0 Å². The summed E-state index contributed by atoms with van der Waals surface area (Å²) in [6.45, 7) is 5.46. The van der Waals surface area contributed by atoms with Gasteiger partial charge in [-0.1, -0.05) is 13.8 Å². The van der Waals surface area contributed by atoms with Crippen molar-refractivity contribution in [1.82, 2.24) is 14.8 Å². The number of aromatic nitrogens is 1. The molecule has 150 valence electrons. The highest BCUT2D eigenvalue weighted by Gasteiger charge is 2.37. The molecule has 1 aromatic rings. The number of nitrogens with zero attached hydrogens (tertiary/aromatic N) is 2. The van der Waals surface area contributed by atoms with Gasteiger partial charge in [0.05, 0.1) is 5.69 Å². The van der Waals surface area contributed by atoms with Crippen LogP contribution < -0.4 is 5.32 Å². The number of carbonyl (C=O) groups is 2. The number of thioether (sulfide) groups is 1. The molecule has 0 radical (unpaired) electrons. The molecule has 1 aliphatic carbocycles. The fourth-order valence-corrected chi connectivity index (χ4v) is 4.98. The van der Waals surface area contributed by atoms with E-state index in [1.165, 1.54) is 19.3 Å². The minimum atomic E-state index is -0.489. The van der Waals surface area contributed by atoms with Crippen LogP contribution >= 0.6 is 11.8 Å². The molecule has 0 aromatic carbocycles. The van der Waals surface area contributed by atoms with Gasteiger partial charge in [0, 0.05) is 18.8 Å². The lowest BCUT2D eigenvalue weighted by atomic mass is 9.87. The molecule has 0 saturated heterocycles. The molecule has 2 amide bonds. The summed E-state index contributed by atoms with van der Waals surface area (Å²) in [5.74, 6) is 2.98. The Morgan fingerprint density at radius 1 is 1.26 bits per heavy atom. The lowest BCUT2D eigenvalue weighted by Crippen LogP contribution is -2.51. The van der Waals surface area contributed by atoms with E-state index < -0.39 is 6.04 Å². The molecular formula is C21H33N3O2S. The Morgan fingerprint density at radius 2 is 2.04 bits per heavy atom. The van der Waals surface area contributed by atoms with Crippen molar-refractivity contribution in [1.29, 1.82) is 0 Å². The Balaban J connectivity index is 1.67. The number of hydrogen-bond acceptors (Lipinski definition) is 3. The summed E-state index contributed by atoms with van der Waals surface area (Å²) in [6, 6.07) is 3.68. The van der Waals surface area contributed by atoms with Crippen LogP contribution in [0.25, 0.3) is 0 Å². The topological polar surface area (TPSA) is 54.3 Å². The van der Waals surface area contributed by atoms with Gasteiger partial charge in [0.2, 0.25) is 11.8 Å². The first-order valence-electron chi connectivity index (χ1n) is 10.4. The van der Waals surface area contributed by atoms with Crippen LogP contribution in [0.5, 0.6) is 0 Å². The third-order valence-electron chi connectivity index (χ3n) is 5.73. The number of fused-ring (bicyclic) bond motifs is 1. The number of rotatable bonds is 8. The maximum atomic E-state index is 13.2. The van der Waals surface area contributed by atoms with E-state index in [1.807, 2.05) is 39.6 Å². The minimum Gasteiger partial charge on any atom is -0.351 e. The summed E-state index contributed by atoms with van der Waals surface area (Å²) < 4.78 is 1.93. The average Bonchev–Trinajstić information content (AvgIpc) is 3.11. The number of amides is 2. The largest absolute Gasteiger partial charge is 0.351 e. The first kappa shape index (κ1) is 20.3. The van der Waals surface area contributed by atoms with Crippen molar-refractivity contribution in [2.75, 3.05) is 18.1 Å². The lowest BCUT2D eigenvalue weighted by Gasteiger charge is -2.37. The first-order chi connectivity index (χ1) is 13.1. The zero-order chi connectivity index (χ0) is 19.2. The van der Waals surface area contributed by atoms with Gasteiger partial charge in [0.1, 0.15) is 6.54 Å². The predicted octanol–water partition coefficient (Wildman–Crippen LogP) is 3.60. The molecule has 1 aliphatic heterocycles. The van der Waals surface area contributed by atoms with E-state index in [-0.39, 0.29) is 17.9 Å². The Hall–Kier alpha value is -1.43. The summed E-state index contributed by atoms with van der Waals surface area (Å²) in [4.78, 5) is 27.7. The Morgan fingerprint density at radius 3 is 2.78 bits per heavy atom. The van der Waals surface area contributed by atoms with Gasteiger partial charge >= 0.3 is 0 Å². The number of hydrogen-bond donors (Lipinski definition) is 1. The summed E-state index contributed by atoms with van der Waals surface area (Å²) >= 11 is 1.92. The van der Waals surface area contributed by atoms with E-state index in [0.29, 0.717) is 13.1 Å². The lowest BCUT2D eigenvalue weighted by molar-refractivity contribution is -0.144. The van der Waals surface area contributed by atoms with Crippen molar-refractivity contribution in [3.8, 4) is 0 Å². The molecule has 2 heterocycles. The van der Waals surface area contributed by atoms with Gasteiger partial charge in [0.15, 0.2) is 6.04 Å². The van der Waals surface area contributed by atoms with Gasteiger partial charge in [-0.15, -0.1) is 0 Å². The fourth-order valence-electron chi connectivity index (χ4n) is 4.16. The van der Waals surface area contributed by atoms with Gasteiger partial charge in [-0.2, -0.15) is 11.8 Å². The van der Waals surface area contributed by atoms with Crippen molar-refractivity contribution < 1.29 is 9.59 Å². The molecule has 6 heteroatoms. The summed E-state index contributed by atoms with van der Waals surface area (Å²) in [7, 11) is 0. The molecule has 1 saturated carbocycles. The average molecular weight is 392 g/mol. The summed E-state index contributed by atoms with van der Waals surface area (Å²) in [6.07, 6.45) is 8.44. The molecule has 27 heavy (non-hydrogen) atoms. The zero-order valence-electron chi connectivity index (χ0n) is 16.7. The highest BCUT2D eigenvalue weighted by Crippen LogP contribution is 2.29. The van der Waals surface area contributed by atoms with Gasteiger partial charge in [-0.25, -0.2) is 0 Å². The summed E-state index contributed by atoms with van der Waals surface area (Å²) in [5, 5.41) is 3.25. The maximum absolute atomic E-state index is 13.2. The van der Waals surface area contributed by atoms with Gasteiger partial charge in [0.25, 0.3) is 0 Å². The Labute approximate surface area is 167 Å². The second-order valence-corrected chi connectivity index (χ2v) is 9.21. The predicted molar refractivity (Wildman–Crippen MR) is 111 cm³/mol. The quantitative estimate of drug-likeness (QED) is 0.689. The van der Waals surface area contributed by atoms with Gasteiger partial charge < -0.3 is 14.8 Å². The molecule has 0 spiro atoms. The van der Waals surface area contributed by atoms with Crippen LogP contribution in [0.3, 0.4) is 0 Å². The first-order valence-corrected chi connectivity index (χ1v) is 11.6. The highest BCUT2D eigenvalue weighted by molar-refractivity contribution is 7.99. The molecule has 1 unspecified atom stereocenters. The number of nitrogens with one attached hydrogen (secondary N) is 1. The zero-order valence-corrected chi connectivity index (χ0v) is 17.5. The second-order valence-electron chi connectivity index (χ2n) is 7.98. The molecule has 0 bridgehead atoms. The van der Waals surface area contributed by atoms with Crippen LogP contribution in [0.15, 0.2) is 18.3 Å². The third kappa shape index (κ3) is 5.09. The van der Waals surface area contributed by atoms with E-state index in [4.69, 9.17) is 0 Å². The van der Waals surface area contributed by atoms with Crippen LogP contribution in [-0.2, 0) is 16.1 Å². The normalized spacial score (nSPS) is 25.3. The van der Waals surface area contributed by atoms with E-state index in [1.54, 1.807) is 0 Å². The van der Waals surface area contributed by atoms with E-state index in [2.05, 4.69) is 19.2 Å². The molecule has 5 nitrogen and oxygen atoms in total. The molecule has 1 aromatic heterocycles. The van der Waals surface area contributed by atoms with Crippen LogP contribution in [-0.4, -0.2) is 45.4 Å². The van der Waals surface area contributed by atoms with Crippen molar-refractivity contribution in [3.05, 3.63) is 24.0 Å². The molecule has 1 fully saturated rings. The van der Waals surface area contributed by atoms with Crippen molar-refractivity contribution in [2.45, 2.75) is 71.0 Å². The van der Waals surface area contributed by atoms with E-state index in [0.717, 1.165) is 42.4 Å². The maximum Gasteiger partial charge on any atom is 0.249 e. The van der Waals surface area contributed by atoms with Crippen molar-refractivity contribution in [2.24, 2.45) is 5.92 Å². The smallest absolute Gasteiger partial charge is 0.249 e. The SMILES string of the molecule is CCCSCCCN1C(=O)Cn2cccc2C1C(=O)NC1CCC(C)CC1. The van der Waals surface area contributed by atoms with Gasteiger partial charge in [-0.05, 0) is 68.1 Å². The highest BCUT2D eigenvalue weighted by atomic mass is 32.2. The van der Waals surface area contributed by atoms with Crippen molar-refractivity contribution >= 4 is 23.6 Å². The van der Waals surface area contributed by atoms with Gasteiger partial charge in [-0.3, -0.25) is 9.59 Å². The number of carbonyl (C=O) groups excluding carboxylic acids is 2. The van der Waals surface area contributed by atoms with Crippen LogP contribution in [0, 0.1) is 5.92 Å². The van der Waals surface area contributed by atoms with Crippen LogP contribution in [0.4, 0.5) is 0 Å². The summed E-state index contributed by atoms with van der Waals surface area (Å²) in [5.41, 5.74) is 0.942. The van der Waals surface area contributed by atoms with Crippen LogP contribution in [0.2, 0.25) is 0 Å². The Kier molecular flexibility index (Phi) is 7.27. The van der Waals surface area contributed by atoms with Crippen LogP contribution in [0.1, 0.15) is 64.1 Å². The molecule has 3 rings (SSSR count). The van der Waals surface area contributed by atoms with E-state index in [9.17, 15) is 9.59 Å².